The van der Waals surface area contributed by atoms with Gasteiger partial charge in [0.15, 0.2) is 0 Å². The molecule has 1 aromatic rings. The Morgan fingerprint density at radius 2 is 2.05 bits per heavy atom. The van der Waals surface area contributed by atoms with Crippen LogP contribution < -0.4 is 10.6 Å². The number of hydrogen-bond donors (Lipinski definition) is 3. The Balaban J connectivity index is 1.73. The van der Waals surface area contributed by atoms with E-state index in [0.29, 0.717) is 18.2 Å². The van der Waals surface area contributed by atoms with E-state index < -0.39 is 5.97 Å². The second-order valence-corrected chi connectivity index (χ2v) is 5.62. The van der Waals surface area contributed by atoms with Crippen LogP contribution in [0.15, 0.2) is 16.5 Å². The molecule has 0 saturated heterocycles. The van der Waals surface area contributed by atoms with E-state index in [0.717, 1.165) is 12.8 Å². The predicted octanol–water partition coefficient (Wildman–Crippen LogP) is 2.21. The molecule has 2 amide bonds. The van der Waals surface area contributed by atoms with Crippen molar-refractivity contribution in [2.24, 2.45) is 11.3 Å². The molecule has 0 aliphatic heterocycles. The first-order valence-electron chi connectivity index (χ1n) is 6.77. The molecule has 1 heterocycles. The van der Waals surface area contributed by atoms with Crippen LogP contribution in [-0.4, -0.2) is 23.7 Å². The van der Waals surface area contributed by atoms with Crippen LogP contribution in [0.4, 0.5) is 4.79 Å². The van der Waals surface area contributed by atoms with E-state index in [1.54, 1.807) is 6.07 Å². The zero-order valence-electron chi connectivity index (χ0n) is 11.7. The van der Waals surface area contributed by atoms with Gasteiger partial charge in [-0.15, -0.1) is 0 Å². The second kappa shape index (κ2) is 5.56. The molecule has 1 fully saturated rings. The first-order chi connectivity index (χ1) is 9.43. The van der Waals surface area contributed by atoms with Crippen LogP contribution in [0.1, 0.15) is 43.0 Å². The van der Waals surface area contributed by atoms with Crippen LogP contribution in [-0.2, 0) is 6.54 Å². The van der Waals surface area contributed by atoms with Crippen LogP contribution in [0.3, 0.4) is 0 Å². The average molecular weight is 280 g/mol. The van der Waals surface area contributed by atoms with Crippen molar-refractivity contribution in [2.45, 2.75) is 33.2 Å². The maximum absolute atomic E-state index is 11.7. The van der Waals surface area contributed by atoms with Gasteiger partial charge in [-0.05, 0) is 36.3 Å². The van der Waals surface area contributed by atoms with Gasteiger partial charge in [-0.3, -0.25) is 0 Å². The molecule has 1 aliphatic rings. The normalized spacial score (nSPS) is 15.9. The van der Waals surface area contributed by atoms with E-state index in [9.17, 15) is 9.59 Å². The quantitative estimate of drug-likeness (QED) is 0.745. The molecule has 0 unspecified atom stereocenters. The molecule has 6 nitrogen and oxygen atoms in total. The Bertz CT molecular complexity index is 503. The summed E-state index contributed by atoms with van der Waals surface area (Å²) in [5, 5.41) is 14.2. The minimum atomic E-state index is -1.12. The number of carboxylic acids is 1. The van der Waals surface area contributed by atoms with E-state index in [1.165, 1.54) is 6.07 Å². The lowest BCUT2D eigenvalue weighted by Gasteiger charge is -2.20. The highest BCUT2D eigenvalue weighted by atomic mass is 16.4. The monoisotopic (exact) mass is 280 g/mol. The highest BCUT2D eigenvalue weighted by Gasteiger charge is 2.45. The van der Waals surface area contributed by atoms with Gasteiger partial charge in [0.2, 0.25) is 5.76 Å². The molecular formula is C14H20N2O4. The molecule has 3 N–H and O–H groups in total. The lowest BCUT2D eigenvalue weighted by molar-refractivity contribution is 0.0660. The summed E-state index contributed by atoms with van der Waals surface area (Å²) >= 11 is 0. The molecule has 1 saturated carbocycles. The Morgan fingerprint density at radius 3 is 2.55 bits per heavy atom. The average Bonchev–Trinajstić information content (AvgIpc) is 3.04. The molecule has 20 heavy (non-hydrogen) atoms. The number of furan rings is 1. The third-order valence-corrected chi connectivity index (χ3v) is 4.01. The smallest absolute Gasteiger partial charge is 0.371 e. The van der Waals surface area contributed by atoms with Crippen molar-refractivity contribution in [3.8, 4) is 0 Å². The summed E-state index contributed by atoms with van der Waals surface area (Å²) in [5.41, 5.74) is 0.262. The summed E-state index contributed by atoms with van der Waals surface area (Å²) in [6.45, 7) is 5.19. The van der Waals surface area contributed by atoms with Crippen LogP contribution in [0, 0.1) is 11.3 Å². The Kier molecular flexibility index (Phi) is 4.01. The Morgan fingerprint density at radius 1 is 1.35 bits per heavy atom. The van der Waals surface area contributed by atoms with Gasteiger partial charge >= 0.3 is 12.0 Å². The molecule has 0 bridgehead atoms. The molecule has 1 aromatic heterocycles. The third kappa shape index (κ3) is 3.31. The van der Waals surface area contributed by atoms with E-state index in [4.69, 9.17) is 9.52 Å². The number of urea groups is 1. The van der Waals surface area contributed by atoms with Crippen molar-refractivity contribution in [1.29, 1.82) is 0 Å². The molecular weight excluding hydrogens is 260 g/mol. The fourth-order valence-corrected chi connectivity index (χ4v) is 2.19. The molecule has 6 heteroatoms. The van der Waals surface area contributed by atoms with Crippen molar-refractivity contribution in [3.63, 3.8) is 0 Å². The van der Waals surface area contributed by atoms with Crippen molar-refractivity contribution in [2.75, 3.05) is 6.54 Å². The van der Waals surface area contributed by atoms with Gasteiger partial charge in [0.05, 0.1) is 6.54 Å². The van der Waals surface area contributed by atoms with Crippen molar-refractivity contribution in [3.05, 3.63) is 23.7 Å². The van der Waals surface area contributed by atoms with Crippen LogP contribution in [0.5, 0.6) is 0 Å². The second-order valence-electron chi connectivity index (χ2n) is 5.62. The highest BCUT2D eigenvalue weighted by Crippen LogP contribution is 2.51. The number of amides is 2. The Hall–Kier alpha value is -1.98. The lowest BCUT2D eigenvalue weighted by Crippen LogP contribution is -2.39. The summed E-state index contributed by atoms with van der Waals surface area (Å²) in [4.78, 5) is 22.3. The number of aromatic carboxylic acids is 1. The van der Waals surface area contributed by atoms with Crippen molar-refractivity contribution < 1.29 is 19.1 Å². The number of carbonyl (C=O) groups excluding carboxylic acids is 1. The van der Waals surface area contributed by atoms with Crippen molar-refractivity contribution >= 4 is 12.0 Å². The summed E-state index contributed by atoms with van der Waals surface area (Å²) in [5.74, 6) is -0.263. The fraction of sp³-hybridized carbons (Fsp3) is 0.571. The van der Waals surface area contributed by atoms with Crippen LogP contribution in [0.25, 0.3) is 0 Å². The molecule has 110 valence electrons. The topological polar surface area (TPSA) is 91.6 Å². The van der Waals surface area contributed by atoms with Gasteiger partial charge in [0.1, 0.15) is 5.76 Å². The highest BCUT2D eigenvalue weighted by molar-refractivity contribution is 5.84. The van der Waals surface area contributed by atoms with Gasteiger partial charge in [-0.1, -0.05) is 13.8 Å². The summed E-state index contributed by atoms with van der Waals surface area (Å²) < 4.78 is 5.05. The number of nitrogens with one attached hydrogen (secondary N) is 2. The zero-order chi connectivity index (χ0) is 14.8. The predicted molar refractivity (Wildman–Crippen MR) is 72.4 cm³/mol. The number of rotatable bonds is 6. The van der Waals surface area contributed by atoms with Crippen LogP contribution >= 0.6 is 0 Å². The number of carboxylic acid groups (broad SMARTS) is 1. The van der Waals surface area contributed by atoms with Crippen LogP contribution in [0.2, 0.25) is 0 Å². The maximum Gasteiger partial charge on any atom is 0.371 e. The first kappa shape index (κ1) is 14.4. The van der Waals surface area contributed by atoms with Gasteiger partial charge in [0.25, 0.3) is 0 Å². The summed E-state index contributed by atoms with van der Waals surface area (Å²) in [6.07, 6.45) is 2.32. The first-order valence-corrected chi connectivity index (χ1v) is 6.77. The Labute approximate surface area is 117 Å². The van der Waals surface area contributed by atoms with Gasteiger partial charge in [0, 0.05) is 6.54 Å². The zero-order valence-corrected chi connectivity index (χ0v) is 11.7. The molecule has 1 aliphatic carbocycles. The molecule has 0 radical (unpaired) electrons. The van der Waals surface area contributed by atoms with Gasteiger partial charge in [-0.25, -0.2) is 9.59 Å². The summed E-state index contributed by atoms with van der Waals surface area (Å²) in [7, 11) is 0. The standard InChI is InChI=1S/C14H20N2O4/c1-9(2)14(5-6-14)8-16-13(19)15-7-10-3-4-11(20-10)12(17)18/h3-4,9H,5-8H2,1-2H3,(H,17,18)(H2,15,16,19). The molecule has 0 aromatic carbocycles. The minimum absolute atomic E-state index is 0.126. The lowest BCUT2D eigenvalue weighted by atomic mass is 9.92. The minimum Gasteiger partial charge on any atom is -0.475 e. The third-order valence-electron chi connectivity index (χ3n) is 4.01. The largest absolute Gasteiger partial charge is 0.475 e. The van der Waals surface area contributed by atoms with Gasteiger partial charge in [-0.2, -0.15) is 0 Å². The number of carbonyl (C=O) groups is 2. The van der Waals surface area contributed by atoms with E-state index in [-0.39, 0.29) is 23.8 Å². The van der Waals surface area contributed by atoms with E-state index >= 15 is 0 Å². The summed E-state index contributed by atoms with van der Waals surface area (Å²) in [6, 6.07) is 2.65. The molecule has 0 spiro atoms. The molecule has 0 atom stereocenters. The van der Waals surface area contributed by atoms with Crippen molar-refractivity contribution in [1.82, 2.24) is 10.6 Å². The fourth-order valence-electron chi connectivity index (χ4n) is 2.19. The van der Waals surface area contributed by atoms with E-state index in [2.05, 4.69) is 24.5 Å². The number of hydrogen-bond acceptors (Lipinski definition) is 3. The van der Waals surface area contributed by atoms with Gasteiger partial charge < -0.3 is 20.2 Å². The molecule has 2 rings (SSSR count). The maximum atomic E-state index is 11.7. The van der Waals surface area contributed by atoms with E-state index in [1.807, 2.05) is 0 Å². The SMILES string of the molecule is CC(C)C1(CNC(=O)NCc2ccc(C(=O)O)o2)CC1.